The van der Waals surface area contributed by atoms with E-state index in [0.717, 1.165) is 22.7 Å². The Hall–Kier alpha value is -2.65. The van der Waals surface area contributed by atoms with E-state index >= 15 is 0 Å². The van der Waals surface area contributed by atoms with Crippen molar-refractivity contribution in [3.63, 3.8) is 0 Å². The van der Waals surface area contributed by atoms with E-state index in [1.165, 1.54) is 24.1 Å². The smallest absolute Gasteiger partial charge is 0.244 e. The van der Waals surface area contributed by atoms with Crippen molar-refractivity contribution in [3.8, 4) is 0 Å². The number of likely N-dealkylation sites (N-methyl/N-ethyl adjacent to an activating group) is 1. The summed E-state index contributed by atoms with van der Waals surface area (Å²) in [5, 5.41) is 2.96. The van der Waals surface area contributed by atoms with Crippen LogP contribution in [0, 0.1) is 5.82 Å². The molecule has 2 aromatic carbocycles. The molecule has 0 fully saturated rings. The van der Waals surface area contributed by atoms with Gasteiger partial charge in [-0.2, -0.15) is 0 Å². The molecule has 1 N–H and O–H groups in total. The molecule has 10 heteroatoms. The maximum atomic E-state index is 13.2. The number of nitrogens with one attached hydrogen (secondary N) is 1. The Balaban J connectivity index is 2.36. The number of hydrogen-bond donors (Lipinski definition) is 1. The Morgan fingerprint density at radius 1 is 1.17 bits per heavy atom. The second kappa shape index (κ2) is 9.90. The summed E-state index contributed by atoms with van der Waals surface area (Å²) in [6.45, 7) is 1.05. The minimum Gasteiger partial charge on any atom is -0.357 e. The molecule has 30 heavy (non-hydrogen) atoms. The molecule has 1 atom stereocenters. The molecule has 2 rings (SSSR count). The molecule has 162 valence electrons. The Morgan fingerprint density at radius 2 is 1.80 bits per heavy atom. The molecular formula is C20H23ClFN3O4S. The number of nitrogens with zero attached hydrogens (tertiary/aromatic N) is 2. The fraction of sp³-hybridized carbons (Fsp3) is 0.300. The summed E-state index contributed by atoms with van der Waals surface area (Å²) >= 11 is 6.01. The Kier molecular flexibility index (Phi) is 7.80. The van der Waals surface area contributed by atoms with Gasteiger partial charge in [-0.1, -0.05) is 23.7 Å². The summed E-state index contributed by atoms with van der Waals surface area (Å²) in [5.74, 6) is -1.53. The lowest BCUT2D eigenvalue weighted by molar-refractivity contribution is -0.139. The summed E-state index contributed by atoms with van der Waals surface area (Å²) < 4.78 is 38.7. The average molecular weight is 456 g/mol. The summed E-state index contributed by atoms with van der Waals surface area (Å²) in [6.07, 6.45) is 0.952. The highest BCUT2D eigenvalue weighted by molar-refractivity contribution is 7.92. The zero-order chi connectivity index (χ0) is 22.5. The van der Waals surface area contributed by atoms with Crippen LogP contribution in [0.1, 0.15) is 12.5 Å². The van der Waals surface area contributed by atoms with Crippen LogP contribution in [0.5, 0.6) is 0 Å². The number of carbonyl (C=O) groups is 2. The Labute approximate surface area is 180 Å². The maximum Gasteiger partial charge on any atom is 0.244 e. The molecule has 0 saturated carbocycles. The van der Waals surface area contributed by atoms with E-state index in [1.54, 1.807) is 31.2 Å². The summed E-state index contributed by atoms with van der Waals surface area (Å²) in [6, 6.07) is 10.7. The molecular weight excluding hydrogens is 433 g/mol. The first-order chi connectivity index (χ1) is 14.0. The zero-order valence-electron chi connectivity index (χ0n) is 16.8. The van der Waals surface area contributed by atoms with E-state index in [1.807, 2.05) is 0 Å². The van der Waals surface area contributed by atoms with Crippen molar-refractivity contribution >= 4 is 39.1 Å². The van der Waals surface area contributed by atoms with Crippen LogP contribution in [0.3, 0.4) is 0 Å². The van der Waals surface area contributed by atoms with Crippen LogP contribution in [-0.2, 0) is 26.2 Å². The monoisotopic (exact) mass is 455 g/mol. The lowest BCUT2D eigenvalue weighted by atomic mass is 10.1. The lowest BCUT2D eigenvalue weighted by Crippen LogP contribution is -2.50. The molecule has 0 aromatic heterocycles. The van der Waals surface area contributed by atoms with Gasteiger partial charge in [-0.3, -0.25) is 13.9 Å². The quantitative estimate of drug-likeness (QED) is 0.662. The van der Waals surface area contributed by atoms with Crippen LogP contribution in [0.2, 0.25) is 5.02 Å². The maximum absolute atomic E-state index is 13.2. The number of rotatable bonds is 8. The van der Waals surface area contributed by atoms with Gasteiger partial charge >= 0.3 is 0 Å². The van der Waals surface area contributed by atoms with Crippen molar-refractivity contribution in [3.05, 3.63) is 64.9 Å². The van der Waals surface area contributed by atoms with Gasteiger partial charge in [0.2, 0.25) is 21.8 Å². The van der Waals surface area contributed by atoms with Gasteiger partial charge in [0.1, 0.15) is 18.4 Å². The molecule has 0 saturated heterocycles. The van der Waals surface area contributed by atoms with E-state index in [-0.39, 0.29) is 12.2 Å². The van der Waals surface area contributed by atoms with Gasteiger partial charge < -0.3 is 10.2 Å². The van der Waals surface area contributed by atoms with Crippen molar-refractivity contribution in [2.75, 3.05) is 24.2 Å². The van der Waals surface area contributed by atoms with Gasteiger partial charge in [0.25, 0.3) is 0 Å². The number of carbonyl (C=O) groups excluding carboxylic acids is 2. The largest absolute Gasteiger partial charge is 0.357 e. The van der Waals surface area contributed by atoms with Gasteiger partial charge in [0.15, 0.2) is 0 Å². The fourth-order valence-corrected chi connectivity index (χ4v) is 3.91. The standard InChI is InChI=1S/C20H23ClFN3O4S/c1-14(20(27)23-2)24(12-15-5-4-6-16(21)11-15)19(26)13-25(30(3,28)29)18-9-7-17(22)8-10-18/h4-11,14H,12-13H2,1-3H3,(H,23,27)/t14-/m1/s1. The highest BCUT2D eigenvalue weighted by Crippen LogP contribution is 2.20. The first-order valence-electron chi connectivity index (χ1n) is 9.01. The van der Waals surface area contributed by atoms with Gasteiger partial charge in [-0.05, 0) is 48.9 Å². The van der Waals surface area contributed by atoms with Crippen LogP contribution in [-0.4, -0.2) is 51.0 Å². The third kappa shape index (κ3) is 6.17. The highest BCUT2D eigenvalue weighted by Gasteiger charge is 2.29. The third-order valence-corrected chi connectivity index (χ3v) is 5.83. The highest BCUT2D eigenvalue weighted by atomic mass is 35.5. The number of hydrogen-bond acceptors (Lipinski definition) is 4. The van der Waals surface area contributed by atoms with E-state index in [0.29, 0.717) is 10.6 Å². The van der Waals surface area contributed by atoms with Gasteiger partial charge in [-0.25, -0.2) is 12.8 Å². The SMILES string of the molecule is CNC(=O)[C@@H](C)N(Cc1cccc(Cl)c1)C(=O)CN(c1ccc(F)cc1)S(C)(=O)=O. The van der Waals surface area contributed by atoms with Crippen LogP contribution < -0.4 is 9.62 Å². The average Bonchev–Trinajstić information content (AvgIpc) is 2.69. The Morgan fingerprint density at radius 3 is 2.33 bits per heavy atom. The minimum atomic E-state index is -3.85. The number of anilines is 1. The Bertz CT molecular complexity index is 1010. The van der Waals surface area contributed by atoms with Gasteiger partial charge in [-0.15, -0.1) is 0 Å². The molecule has 0 bridgehead atoms. The molecule has 7 nitrogen and oxygen atoms in total. The topological polar surface area (TPSA) is 86.8 Å². The molecule has 0 spiro atoms. The molecule has 2 aromatic rings. The van der Waals surface area contributed by atoms with Crippen LogP contribution in [0.25, 0.3) is 0 Å². The first-order valence-corrected chi connectivity index (χ1v) is 11.2. The normalized spacial score (nSPS) is 12.2. The molecule has 0 radical (unpaired) electrons. The lowest BCUT2D eigenvalue weighted by Gasteiger charge is -2.31. The zero-order valence-corrected chi connectivity index (χ0v) is 18.4. The number of halogens is 2. The summed E-state index contributed by atoms with van der Waals surface area (Å²) in [5.41, 5.74) is 0.821. The van der Waals surface area contributed by atoms with Crippen LogP contribution in [0.4, 0.5) is 10.1 Å². The van der Waals surface area contributed by atoms with Gasteiger partial charge in [0.05, 0.1) is 11.9 Å². The molecule has 0 aliphatic heterocycles. The predicted molar refractivity (Wildman–Crippen MR) is 114 cm³/mol. The van der Waals surface area contributed by atoms with Crippen molar-refractivity contribution < 1.29 is 22.4 Å². The fourth-order valence-electron chi connectivity index (χ4n) is 2.84. The van der Waals surface area contributed by atoms with E-state index in [4.69, 9.17) is 11.6 Å². The molecule has 0 aliphatic rings. The third-order valence-electron chi connectivity index (χ3n) is 4.45. The molecule has 0 heterocycles. The first kappa shape index (κ1) is 23.6. The summed E-state index contributed by atoms with van der Waals surface area (Å²) in [7, 11) is -2.40. The molecule has 0 aliphatic carbocycles. The molecule has 2 amide bonds. The molecule has 0 unspecified atom stereocenters. The second-order valence-corrected chi connectivity index (χ2v) is 9.03. The van der Waals surface area contributed by atoms with E-state index in [2.05, 4.69) is 5.32 Å². The number of benzene rings is 2. The van der Waals surface area contributed by atoms with E-state index < -0.39 is 40.2 Å². The predicted octanol–water partition coefficient (Wildman–Crippen LogP) is 2.41. The second-order valence-electron chi connectivity index (χ2n) is 6.69. The number of amides is 2. The van der Waals surface area contributed by atoms with Crippen molar-refractivity contribution in [1.82, 2.24) is 10.2 Å². The van der Waals surface area contributed by atoms with Crippen LogP contribution in [0.15, 0.2) is 48.5 Å². The van der Waals surface area contributed by atoms with Crippen LogP contribution >= 0.6 is 11.6 Å². The summed E-state index contributed by atoms with van der Waals surface area (Å²) in [4.78, 5) is 26.6. The minimum absolute atomic E-state index is 0.0506. The van der Waals surface area contributed by atoms with E-state index in [9.17, 15) is 22.4 Å². The van der Waals surface area contributed by atoms with Crippen molar-refractivity contribution in [1.29, 1.82) is 0 Å². The number of sulfonamides is 1. The van der Waals surface area contributed by atoms with Crippen molar-refractivity contribution in [2.45, 2.75) is 19.5 Å². The van der Waals surface area contributed by atoms with Gasteiger partial charge in [0, 0.05) is 18.6 Å². The van der Waals surface area contributed by atoms with Crippen molar-refractivity contribution in [2.24, 2.45) is 0 Å².